The maximum absolute atomic E-state index is 8.77. The molecule has 0 aliphatic rings. The van der Waals surface area contributed by atoms with Crippen LogP contribution < -0.4 is 10.6 Å². The summed E-state index contributed by atoms with van der Waals surface area (Å²) >= 11 is 0. The Morgan fingerprint density at radius 3 is 2.62 bits per heavy atom. The minimum atomic E-state index is 0.0141. The highest BCUT2D eigenvalue weighted by molar-refractivity contribution is 5.95. The van der Waals surface area contributed by atoms with Crippen LogP contribution in [0.3, 0.4) is 0 Å². The van der Waals surface area contributed by atoms with Gasteiger partial charge in [-0.25, -0.2) is 0 Å². The molecule has 21 heavy (non-hydrogen) atoms. The highest BCUT2D eigenvalue weighted by Crippen LogP contribution is 2.20. The van der Waals surface area contributed by atoms with Gasteiger partial charge in [0.05, 0.1) is 0 Å². The molecule has 0 atom stereocenters. The van der Waals surface area contributed by atoms with Crippen molar-refractivity contribution >= 4 is 11.5 Å². The van der Waals surface area contributed by atoms with E-state index in [0.29, 0.717) is 11.7 Å². The van der Waals surface area contributed by atoms with Crippen molar-refractivity contribution in [1.82, 2.24) is 4.98 Å². The molecular weight excluding hydrogens is 264 g/mol. The molecule has 5 nitrogen and oxygen atoms in total. The quantitative estimate of drug-likeness (QED) is 0.383. The zero-order chi connectivity index (χ0) is 15.2. The van der Waals surface area contributed by atoms with Crippen LogP contribution in [-0.4, -0.2) is 22.1 Å². The van der Waals surface area contributed by atoms with Gasteiger partial charge in [-0.3, -0.25) is 4.98 Å². The van der Waals surface area contributed by atoms with Gasteiger partial charge in [-0.2, -0.15) is 0 Å². The van der Waals surface area contributed by atoms with E-state index >= 15 is 0 Å². The molecule has 5 heteroatoms. The van der Waals surface area contributed by atoms with Crippen LogP contribution in [0.2, 0.25) is 0 Å². The Hall–Kier alpha value is -2.56. The molecule has 0 bridgehead atoms. The minimum Gasteiger partial charge on any atom is -0.409 e. The summed E-state index contributed by atoms with van der Waals surface area (Å²) in [5, 5.41) is 11.8. The lowest BCUT2D eigenvalue weighted by atomic mass is 10.1. The number of hydrogen-bond donors (Lipinski definition) is 2. The molecule has 0 unspecified atom stereocenters. The lowest BCUT2D eigenvalue weighted by Crippen LogP contribution is -2.30. The molecule has 0 saturated carbocycles. The molecule has 2 rings (SSSR count). The monoisotopic (exact) mass is 284 g/mol. The van der Waals surface area contributed by atoms with Crippen molar-refractivity contribution in [1.29, 1.82) is 0 Å². The first-order chi connectivity index (χ1) is 10.1. The van der Waals surface area contributed by atoms with E-state index in [1.807, 2.05) is 30.3 Å². The molecule has 110 valence electrons. The Kier molecular flexibility index (Phi) is 4.77. The van der Waals surface area contributed by atoms with Crippen molar-refractivity contribution in [2.24, 2.45) is 10.9 Å². The van der Waals surface area contributed by atoms with Crippen molar-refractivity contribution in [2.75, 3.05) is 4.90 Å². The second kappa shape index (κ2) is 6.74. The number of nitrogens with two attached hydrogens (primary N) is 1. The van der Waals surface area contributed by atoms with Gasteiger partial charge in [0.2, 0.25) is 0 Å². The van der Waals surface area contributed by atoms with Crippen molar-refractivity contribution in [3.8, 4) is 0 Å². The summed E-state index contributed by atoms with van der Waals surface area (Å²) in [4.78, 5) is 6.36. The van der Waals surface area contributed by atoms with Crippen LogP contribution >= 0.6 is 0 Å². The fourth-order valence-electron chi connectivity index (χ4n) is 2.14. The molecule has 2 aromatic rings. The third-order valence-corrected chi connectivity index (χ3v) is 3.26. The number of aromatic nitrogens is 1. The lowest BCUT2D eigenvalue weighted by molar-refractivity contribution is 0.318. The first kappa shape index (κ1) is 14.8. The van der Waals surface area contributed by atoms with Crippen molar-refractivity contribution in [2.45, 2.75) is 26.4 Å². The summed E-state index contributed by atoms with van der Waals surface area (Å²) in [5.41, 5.74) is 8.30. The van der Waals surface area contributed by atoms with Gasteiger partial charge >= 0.3 is 0 Å². The van der Waals surface area contributed by atoms with Gasteiger partial charge < -0.3 is 15.8 Å². The molecule has 0 spiro atoms. The maximum atomic E-state index is 8.77. The summed E-state index contributed by atoms with van der Waals surface area (Å²) in [6.45, 7) is 5.05. The topological polar surface area (TPSA) is 74.7 Å². The smallest absolute Gasteiger partial charge is 0.188 e. The van der Waals surface area contributed by atoms with Crippen LogP contribution in [-0.2, 0) is 6.54 Å². The summed E-state index contributed by atoms with van der Waals surface area (Å²) < 4.78 is 0. The molecule has 0 fully saturated rings. The predicted molar refractivity (Wildman–Crippen MR) is 84.5 cm³/mol. The first-order valence-corrected chi connectivity index (χ1v) is 6.86. The van der Waals surface area contributed by atoms with Crippen LogP contribution in [0.5, 0.6) is 0 Å². The summed E-state index contributed by atoms with van der Waals surface area (Å²) in [6, 6.07) is 14.3. The zero-order valence-electron chi connectivity index (χ0n) is 12.3. The van der Waals surface area contributed by atoms with Gasteiger partial charge in [0.1, 0.15) is 5.69 Å². The Labute approximate surface area is 124 Å². The lowest BCUT2D eigenvalue weighted by Gasteiger charge is -2.29. The normalized spacial score (nSPS) is 11.7. The van der Waals surface area contributed by atoms with E-state index in [1.54, 1.807) is 6.20 Å². The van der Waals surface area contributed by atoms with Crippen LogP contribution in [0.25, 0.3) is 0 Å². The maximum Gasteiger partial charge on any atom is 0.188 e. The van der Waals surface area contributed by atoms with Crippen molar-refractivity contribution in [3.05, 3.63) is 59.9 Å². The predicted octanol–water partition coefficient (Wildman–Crippen LogP) is 2.59. The van der Waals surface area contributed by atoms with E-state index < -0.39 is 0 Å². The minimum absolute atomic E-state index is 0.0141. The number of nitrogens with zero attached hydrogens (tertiary/aromatic N) is 3. The van der Waals surface area contributed by atoms with Gasteiger partial charge in [0.15, 0.2) is 5.84 Å². The van der Waals surface area contributed by atoms with Crippen LogP contribution in [0, 0.1) is 0 Å². The summed E-state index contributed by atoms with van der Waals surface area (Å²) in [5.74, 6) is 0.0141. The number of pyridine rings is 1. The average Bonchev–Trinajstić information content (AvgIpc) is 2.52. The number of anilines is 1. The van der Waals surface area contributed by atoms with E-state index in [4.69, 9.17) is 10.9 Å². The Morgan fingerprint density at radius 2 is 2.00 bits per heavy atom. The number of benzene rings is 1. The highest BCUT2D eigenvalue weighted by Gasteiger charge is 2.13. The number of rotatable bonds is 5. The molecule has 0 saturated heterocycles. The van der Waals surface area contributed by atoms with E-state index in [9.17, 15) is 0 Å². The molecule has 0 radical (unpaired) electrons. The Balaban J connectivity index is 2.30. The number of oxime groups is 1. The van der Waals surface area contributed by atoms with Gasteiger partial charge in [-0.15, -0.1) is 0 Å². The van der Waals surface area contributed by atoms with E-state index in [-0.39, 0.29) is 5.84 Å². The molecule has 0 aliphatic carbocycles. The standard InChI is InChI=1S/C16H20N4O/c1-12(2)20(11-13-6-4-3-5-7-13)14-8-9-18-15(10-14)16(17)19-21/h3-10,12,21H,11H2,1-2H3,(H2,17,19). The van der Waals surface area contributed by atoms with Crippen molar-refractivity contribution in [3.63, 3.8) is 0 Å². The van der Waals surface area contributed by atoms with Gasteiger partial charge in [-0.05, 0) is 31.5 Å². The molecule has 1 aromatic heterocycles. The Bertz CT molecular complexity index is 611. The van der Waals surface area contributed by atoms with Crippen LogP contribution in [0.4, 0.5) is 5.69 Å². The van der Waals surface area contributed by atoms with Gasteiger partial charge in [-0.1, -0.05) is 35.5 Å². The van der Waals surface area contributed by atoms with Crippen LogP contribution in [0.15, 0.2) is 53.8 Å². The highest BCUT2D eigenvalue weighted by atomic mass is 16.4. The number of hydrogen-bond acceptors (Lipinski definition) is 4. The second-order valence-corrected chi connectivity index (χ2v) is 5.09. The first-order valence-electron chi connectivity index (χ1n) is 6.86. The van der Waals surface area contributed by atoms with E-state index in [2.05, 4.69) is 41.0 Å². The summed E-state index contributed by atoms with van der Waals surface area (Å²) in [6.07, 6.45) is 1.67. The fraction of sp³-hybridized carbons (Fsp3) is 0.250. The SMILES string of the molecule is CC(C)N(Cc1ccccc1)c1ccnc(C(N)=NO)c1. The zero-order valence-corrected chi connectivity index (χ0v) is 12.3. The van der Waals surface area contributed by atoms with Crippen LogP contribution in [0.1, 0.15) is 25.1 Å². The Morgan fingerprint density at radius 1 is 1.29 bits per heavy atom. The van der Waals surface area contributed by atoms with Gasteiger partial charge in [0, 0.05) is 24.5 Å². The molecular formula is C16H20N4O. The third kappa shape index (κ3) is 3.72. The number of amidine groups is 1. The molecule has 0 amide bonds. The van der Waals surface area contributed by atoms with E-state index in [1.165, 1.54) is 5.56 Å². The van der Waals surface area contributed by atoms with Crippen molar-refractivity contribution < 1.29 is 5.21 Å². The molecule has 1 aromatic carbocycles. The second-order valence-electron chi connectivity index (χ2n) is 5.09. The average molecular weight is 284 g/mol. The van der Waals surface area contributed by atoms with Gasteiger partial charge in [0.25, 0.3) is 0 Å². The third-order valence-electron chi connectivity index (χ3n) is 3.26. The summed E-state index contributed by atoms with van der Waals surface area (Å²) in [7, 11) is 0. The fourth-order valence-corrected chi connectivity index (χ4v) is 2.14. The largest absolute Gasteiger partial charge is 0.409 e. The molecule has 0 aliphatic heterocycles. The molecule has 3 N–H and O–H groups in total. The van der Waals surface area contributed by atoms with E-state index in [0.717, 1.165) is 12.2 Å². The molecule has 1 heterocycles.